The number of methoxy groups -OCH3 is 1. The summed E-state index contributed by atoms with van der Waals surface area (Å²) in [5.41, 5.74) is 5.15. The molecule has 7 heteroatoms. The first-order valence-electron chi connectivity index (χ1n) is 5.61. The SMILES string of the molecule is COCC(C)(C)NS(=O)(=O)c1ccccc1C(N)=S. The van der Waals surface area contributed by atoms with Gasteiger partial charge in [-0.25, -0.2) is 13.1 Å². The molecular formula is C12H18N2O3S2. The summed E-state index contributed by atoms with van der Waals surface area (Å²) >= 11 is 4.87. The van der Waals surface area contributed by atoms with Gasteiger partial charge in [0, 0.05) is 12.7 Å². The molecule has 106 valence electrons. The lowest BCUT2D eigenvalue weighted by Gasteiger charge is -2.25. The summed E-state index contributed by atoms with van der Waals surface area (Å²) < 4.78 is 32.3. The minimum absolute atomic E-state index is 0.0468. The van der Waals surface area contributed by atoms with E-state index in [0.29, 0.717) is 5.56 Å². The molecule has 0 aliphatic heterocycles. The molecule has 19 heavy (non-hydrogen) atoms. The monoisotopic (exact) mass is 302 g/mol. The summed E-state index contributed by atoms with van der Waals surface area (Å²) in [6, 6.07) is 6.37. The van der Waals surface area contributed by atoms with Crippen LogP contribution in [0.25, 0.3) is 0 Å². The molecule has 0 heterocycles. The van der Waals surface area contributed by atoms with Crippen LogP contribution in [-0.2, 0) is 14.8 Å². The fourth-order valence-electron chi connectivity index (χ4n) is 1.71. The fourth-order valence-corrected chi connectivity index (χ4v) is 3.58. The average Bonchev–Trinajstić information content (AvgIpc) is 2.27. The Morgan fingerprint density at radius 1 is 1.42 bits per heavy atom. The highest BCUT2D eigenvalue weighted by atomic mass is 32.2. The Bertz CT molecular complexity index is 568. The summed E-state index contributed by atoms with van der Waals surface area (Å²) in [6.07, 6.45) is 0. The lowest BCUT2D eigenvalue weighted by Crippen LogP contribution is -2.47. The molecule has 0 saturated heterocycles. The normalized spacial score (nSPS) is 12.4. The summed E-state index contributed by atoms with van der Waals surface area (Å²) in [7, 11) is -2.20. The van der Waals surface area contributed by atoms with E-state index in [9.17, 15) is 8.42 Å². The van der Waals surface area contributed by atoms with Crippen LogP contribution in [0.4, 0.5) is 0 Å². The zero-order chi connectivity index (χ0) is 14.7. The Kier molecular flexibility index (Phi) is 5.03. The van der Waals surface area contributed by atoms with Crippen molar-refractivity contribution in [2.45, 2.75) is 24.3 Å². The average molecular weight is 302 g/mol. The topological polar surface area (TPSA) is 81.4 Å². The van der Waals surface area contributed by atoms with Gasteiger partial charge in [-0.1, -0.05) is 30.4 Å². The van der Waals surface area contributed by atoms with Crippen LogP contribution in [0.15, 0.2) is 29.2 Å². The highest BCUT2D eigenvalue weighted by Gasteiger charge is 2.28. The molecule has 0 radical (unpaired) electrons. The van der Waals surface area contributed by atoms with Gasteiger partial charge in [0.15, 0.2) is 0 Å². The third-order valence-corrected chi connectivity index (χ3v) is 4.33. The number of benzene rings is 1. The molecule has 0 saturated carbocycles. The van der Waals surface area contributed by atoms with Gasteiger partial charge in [-0.2, -0.15) is 0 Å². The summed E-state index contributed by atoms with van der Waals surface area (Å²) in [4.78, 5) is 0.122. The second-order valence-electron chi connectivity index (χ2n) is 4.78. The van der Waals surface area contributed by atoms with Crippen LogP contribution in [-0.4, -0.2) is 32.7 Å². The van der Waals surface area contributed by atoms with Crippen LogP contribution in [0.2, 0.25) is 0 Å². The number of sulfonamides is 1. The van der Waals surface area contributed by atoms with Crippen molar-refractivity contribution in [3.8, 4) is 0 Å². The quantitative estimate of drug-likeness (QED) is 0.767. The van der Waals surface area contributed by atoms with E-state index in [-0.39, 0.29) is 16.5 Å². The molecule has 1 aromatic rings. The predicted octanol–water partition coefficient (Wildman–Crippen LogP) is 1.02. The maximum absolute atomic E-state index is 12.4. The van der Waals surface area contributed by atoms with Crippen LogP contribution in [0.3, 0.4) is 0 Å². The Hall–Kier alpha value is -1.02. The van der Waals surface area contributed by atoms with Crippen LogP contribution in [0.5, 0.6) is 0 Å². The maximum atomic E-state index is 12.4. The van der Waals surface area contributed by atoms with Gasteiger partial charge in [0.2, 0.25) is 10.0 Å². The molecular weight excluding hydrogens is 284 g/mol. The minimum Gasteiger partial charge on any atom is -0.389 e. The number of ether oxygens (including phenoxy) is 1. The zero-order valence-electron chi connectivity index (χ0n) is 11.1. The molecule has 0 aliphatic carbocycles. The Morgan fingerprint density at radius 3 is 2.53 bits per heavy atom. The van der Waals surface area contributed by atoms with Gasteiger partial charge < -0.3 is 10.5 Å². The van der Waals surface area contributed by atoms with Crippen molar-refractivity contribution < 1.29 is 13.2 Å². The second kappa shape index (κ2) is 5.96. The first kappa shape index (κ1) is 16.0. The number of hydrogen-bond donors (Lipinski definition) is 2. The van der Waals surface area contributed by atoms with Crippen molar-refractivity contribution in [3.63, 3.8) is 0 Å². The van der Waals surface area contributed by atoms with Gasteiger partial charge >= 0.3 is 0 Å². The van der Waals surface area contributed by atoms with Crippen LogP contribution in [0.1, 0.15) is 19.4 Å². The molecule has 0 unspecified atom stereocenters. The van der Waals surface area contributed by atoms with E-state index in [0.717, 1.165) is 0 Å². The second-order valence-corrected chi connectivity index (χ2v) is 6.87. The molecule has 5 nitrogen and oxygen atoms in total. The molecule has 0 bridgehead atoms. The van der Waals surface area contributed by atoms with Crippen LogP contribution in [0, 0.1) is 0 Å². The van der Waals surface area contributed by atoms with Gasteiger partial charge in [-0.3, -0.25) is 0 Å². The Balaban J connectivity index is 3.18. The van der Waals surface area contributed by atoms with E-state index in [2.05, 4.69) is 4.72 Å². The molecule has 0 fully saturated rings. The van der Waals surface area contributed by atoms with Gasteiger partial charge in [0.1, 0.15) is 4.99 Å². The van der Waals surface area contributed by atoms with E-state index in [1.165, 1.54) is 13.2 Å². The smallest absolute Gasteiger partial charge is 0.241 e. The first-order valence-corrected chi connectivity index (χ1v) is 7.50. The standard InChI is InChI=1S/C12H18N2O3S2/c1-12(2,8-17-3)14-19(15,16)10-7-5-4-6-9(10)11(13)18/h4-7,14H,8H2,1-3H3,(H2,13,18). The predicted molar refractivity (Wildman–Crippen MR) is 78.6 cm³/mol. The molecule has 0 atom stereocenters. The fraction of sp³-hybridized carbons (Fsp3) is 0.417. The van der Waals surface area contributed by atoms with Crippen molar-refractivity contribution >= 4 is 27.2 Å². The molecule has 0 spiro atoms. The minimum atomic E-state index is -3.71. The van der Waals surface area contributed by atoms with Gasteiger partial charge in [-0.05, 0) is 19.9 Å². The van der Waals surface area contributed by atoms with Gasteiger partial charge in [0.25, 0.3) is 0 Å². The van der Waals surface area contributed by atoms with Crippen LogP contribution >= 0.6 is 12.2 Å². The van der Waals surface area contributed by atoms with Crippen molar-refractivity contribution in [1.82, 2.24) is 4.72 Å². The van der Waals surface area contributed by atoms with E-state index in [1.54, 1.807) is 32.0 Å². The molecule has 1 aromatic carbocycles. The van der Waals surface area contributed by atoms with Crippen molar-refractivity contribution in [2.75, 3.05) is 13.7 Å². The Labute approximate surface area is 119 Å². The van der Waals surface area contributed by atoms with Gasteiger partial charge in [0.05, 0.1) is 17.0 Å². The Morgan fingerprint density at radius 2 is 2.00 bits per heavy atom. The number of thiocarbonyl (C=S) groups is 1. The molecule has 1 rings (SSSR count). The van der Waals surface area contributed by atoms with E-state index in [4.69, 9.17) is 22.7 Å². The lowest BCUT2D eigenvalue weighted by molar-refractivity contribution is 0.141. The zero-order valence-corrected chi connectivity index (χ0v) is 12.8. The number of rotatable bonds is 6. The summed E-state index contributed by atoms with van der Waals surface area (Å²) in [5, 5.41) is 0. The van der Waals surface area contributed by atoms with Crippen molar-refractivity contribution in [1.29, 1.82) is 0 Å². The van der Waals surface area contributed by atoms with Gasteiger partial charge in [-0.15, -0.1) is 0 Å². The summed E-state index contributed by atoms with van der Waals surface area (Å²) in [6.45, 7) is 3.72. The highest BCUT2D eigenvalue weighted by molar-refractivity contribution is 7.89. The molecule has 0 aromatic heterocycles. The largest absolute Gasteiger partial charge is 0.389 e. The van der Waals surface area contributed by atoms with E-state index < -0.39 is 15.6 Å². The number of nitrogens with one attached hydrogen (secondary N) is 1. The van der Waals surface area contributed by atoms with Crippen LogP contribution < -0.4 is 10.5 Å². The van der Waals surface area contributed by atoms with Crippen molar-refractivity contribution in [3.05, 3.63) is 29.8 Å². The first-order chi connectivity index (χ1) is 8.69. The third-order valence-electron chi connectivity index (χ3n) is 2.36. The van der Waals surface area contributed by atoms with E-state index >= 15 is 0 Å². The van der Waals surface area contributed by atoms with E-state index in [1.807, 2.05) is 0 Å². The third kappa shape index (κ3) is 4.24. The highest BCUT2D eigenvalue weighted by Crippen LogP contribution is 2.18. The molecule has 0 aliphatic rings. The maximum Gasteiger partial charge on any atom is 0.241 e. The van der Waals surface area contributed by atoms with Crippen molar-refractivity contribution in [2.24, 2.45) is 5.73 Å². The lowest BCUT2D eigenvalue weighted by atomic mass is 10.1. The molecule has 0 amide bonds. The number of nitrogens with two attached hydrogens (primary N) is 1. The molecule has 3 N–H and O–H groups in total. The summed E-state index contributed by atoms with van der Waals surface area (Å²) in [5.74, 6) is 0. The number of hydrogen-bond acceptors (Lipinski definition) is 4.